The van der Waals surface area contributed by atoms with Crippen LogP contribution in [-0.4, -0.2) is 28.8 Å². The maximum absolute atomic E-state index is 12.6. The summed E-state index contributed by atoms with van der Waals surface area (Å²) in [6, 6.07) is 9.46. The van der Waals surface area contributed by atoms with Gasteiger partial charge in [-0.3, -0.25) is 9.59 Å². The molecule has 186 valence electrons. The molecule has 0 aliphatic rings. The molecule has 2 rings (SSSR count). The molecule has 0 heterocycles. The molecule has 2 aromatic carbocycles. The number of benzene rings is 2. The van der Waals surface area contributed by atoms with E-state index in [2.05, 4.69) is 8.37 Å². The number of rotatable bonds is 11. The number of hydrogen-bond donors (Lipinski definition) is 0. The highest BCUT2D eigenvalue weighted by Crippen LogP contribution is 2.25. The van der Waals surface area contributed by atoms with Crippen molar-refractivity contribution in [1.29, 1.82) is 0 Å². The summed E-state index contributed by atoms with van der Waals surface area (Å²) in [7, 11) is -8.79. The lowest BCUT2D eigenvalue weighted by molar-refractivity contribution is -0.140. The Kier molecular flexibility index (Phi) is 9.40. The topological polar surface area (TPSA) is 121 Å². The van der Waals surface area contributed by atoms with Crippen molar-refractivity contribution >= 4 is 32.2 Å². The summed E-state index contributed by atoms with van der Waals surface area (Å²) in [5, 5.41) is 0. The van der Waals surface area contributed by atoms with Crippen LogP contribution in [0.25, 0.3) is 0 Å². The number of hydrogen-bond acceptors (Lipinski definition) is 8. The van der Waals surface area contributed by atoms with E-state index in [1.807, 2.05) is 13.8 Å². The van der Waals surface area contributed by atoms with Gasteiger partial charge in [0.2, 0.25) is 0 Å². The number of carbonyl (C=O) groups is 2. The third-order valence-electron chi connectivity index (χ3n) is 5.41. The maximum atomic E-state index is 12.6. The molecule has 0 atom stereocenters. The Hall–Kier alpha value is -2.72. The first-order valence-electron chi connectivity index (χ1n) is 11.2. The Morgan fingerprint density at radius 1 is 0.618 bits per heavy atom. The average Bonchev–Trinajstić information content (AvgIpc) is 2.80. The van der Waals surface area contributed by atoms with Gasteiger partial charge in [0.15, 0.2) is 0 Å². The van der Waals surface area contributed by atoms with E-state index in [9.17, 15) is 26.4 Å². The smallest absolute Gasteiger partial charge is 0.341 e. The Labute approximate surface area is 201 Å². The molecule has 34 heavy (non-hydrogen) atoms. The zero-order valence-electron chi connectivity index (χ0n) is 19.8. The molecule has 0 aliphatic heterocycles. The van der Waals surface area contributed by atoms with E-state index in [0.717, 1.165) is 11.1 Å². The molecule has 0 saturated heterocycles. The summed E-state index contributed by atoms with van der Waals surface area (Å²) >= 11 is 0. The van der Waals surface area contributed by atoms with Gasteiger partial charge in [-0.05, 0) is 60.1 Å². The van der Waals surface area contributed by atoms with E-state index in [4.69, 9.17) is 0 Å². The molecule has 0 N–H and O–H groups in total. The lowest BCUT2D eigenvalue weighted by Crippen LogP contribution is -2.19. The fourth-order valence-electron chi connectivity index (χ4n) is 3.78. The molecule has 0 aromatic heterocycles. The molecule has 0 fully saturated rings. The van der Waals surface area contributed by atoms with Crippen LogP contribution in [0.15, 0.2) is 46.2 Å². The summed E-state index contributed by atoms with van der Waals surface area (Å²) in [4.78, 5) is 24.1. The van der Waals surface area contributed by atoms with Crippen LogP contribution in [0.5, 0.6) is 0 Å². The van der Waals surface area contributed by atoms with E-state index in [1.54, 1.807) is 38.1 Å². The van der Waals surface area contributed by atoms with Crippen LogP contribution in [0.1, 0.15) is 62.8 Å². The minimum atomic E-state index is -4.40. The van der Waals surface area contributed by atoms with Gasteiger partial charge < -0.3 is 8.37 Å². The van der Waals surface area contributed by atoms with Crippen LogP contribution in [0.4, 0.5) is 0 Å². The largest absolute Gasteiger partial charge is 0.342 e. The second-order valence-electron chi connectivity index (χ2n) is 7.52. The van der Waals surface area contributed by atoms with Gasteiger partial charge in [0.1, 0.15) is 9.79 Å². The van der Waals surface area contributed by atoms with E-state index in [1.165, 1.54) is 12.1 Å². The summed E-state index contributed by atoms with van der Waals surface area (Å²) in [6.07, 6.45) is 0.776. The second-order valence-corrected chi connectivity index (χ2v) is 10.6. The SMILES string of the molecule is CCc1cccc(S(=O)(=O)OC(=O)CCC(=O)OS(=O)(=O)c2cccc(CC)c2CC)c1CC. The Bertz CT molecular complexity index is 1160. The van der Waals surface area contributed by atoms with Crippen LogP contribution >= 0.6 is 0 Å². The van der Waals surface area contributed by atoms with Crippen LogP contribution in [0, 0.1) is 0 Å². The van der Waals surface area contributed by atoms with Crippen molar-refractivity contribution in [2.45, 2.75) is 76.0 Å². The molecule has 0 spiro atoms. The Morgan fingerprint density at radius 2 is 0.971 bits per heavy atom. The monoisotopic (exact) mass is 510 g/mol. The lowest BCUT2D eigenvalue weighted by atomic mass is 10.0. The molecule has 10 heteroatoms. The predicted octanol–water partition coefficient (Wildman–Crippen LogP) is 3.88. The maximum Gasteiger partial charge on any atom is 0.341 e. The molecule has 0 amide bonds. The minimum Gasteiger partial charge on any atom is -0.342 e. The summed E-state index contributed by atoms with van der Waals surface area (Å²) in [6.45, 7) is 7.37. The molecule has 8 nitrogen and oxygen atoms in total. The first-order valence-corrected chi connectivity index (χ1v) is 14.0. The normalized spacial score (nSPS) is 11.8. The first kappa shape index (κ1) is 27.5. The van der Waals surface area contributed by atoms with E-state index in [-0.39, 0.29) is 9.79 Å². The quantitative estimate of drug-likeness (QED) is 0.418. The van der Waals surface area contributed by atoms with Gasteiger partial charge in [-0.25, -0.2) is 0 Å². The Balaban J connectivity index is 2.08. The second kappa shape index (κ2) is 11.6. The highest BCUT2D eigenvalue weighted by atomic mass is 32.2. The number of carbonyl (C=O) groups excluding carboxylic acids is 2. The van der Waals surface area contributed by atoms with E-state index < -0.39 is 45.0 Å². The van der Waals surface area contributed by atoms with Gasteiger partial charge in [0.05, 0.1) is 12.8 Å². The molecule has 0 unspecified atom stereocenters. The molecule has 2 aromatic rings. The lowest BCUT2D eigenvalue weighted by Gasteiger charge is -2.13. The molecule has 0 aliphatic carbocycles. The van der Waals surface area contributed by atoms with Gasteiger partial charge in [-0.2, -0.15) is 16.8 Å². The fraction of sp³-hybridized carbons (Fsp3) is 0.417. The van der Waals surface area contributed by atoms with Crippen molar-refractivity contribution in [1.82, 2.24) is 0 Å². The Morgan fingerprint density at radius 3 is 1.26 bits per heavy atom. The van der Waals surface area contributed by atoms with Crippen LogP contribution < -0.4 is 0 Å². The van der Waals surface area contributed by atoms with Crippen molar-refractivity contribution in [2.75, 3.05) is 0 Å². The van der Waals surface area contributed by atoms with Crippen molar-refractivity contribution in [3.63, 3.8) is 0 Å². The molecule has 0 bridgehead atoms. The number of aryl methyl sites for hydroxylation is 2. The molecular weight excluding hydrogens is 480 g/mol. The van der Waals surface area contributed by atoms with Crippen molar-refractivity contribution in [3.8, 4) is 0 Å². The van der Waals surface area contributed by atoms with Crippen molar-refractivity contribution in [3.05, 3.63) is 58.7 Å². The van der Waals surface area contributed by atoms with Gasteiger partial charge >= 0.3 is 32.2 Å². The minimum absolute atomic E-state index is 0.101. The molecule has 0 saturated carbocycles. The summed E-state index contributed by atoms with van der Waals surface area (Å²) in [5.74, 6) is -2.36. The van der Waals surface area contributed by atoms with E-state index >= 15 is 0 Å². The van der Waals surface area contributed by atoms with Gasteiger partial charge in [0.25, 0.3) is 0 Å². The fourth-order valence-corrected chi connectivity index (χ4v) is 6.26. The van der Waals surface area contributed by atoms with Crippen molar-refractivity contribution < 1.29 is 34.8 Å². The highest BCUT2D eigenvalue weighted by molar-refractivity contribution is 7.87. The highest BCUT2D eigenvalue weighted by Gasteiger charge is 2.27. The average molecular weight is 511 g/mol. The van der Waals surface area contributed by atoms with Gasteiger partial charge in [0, 0.05) is 0 Å². The van der Waals surface area contributed by atoms with Crippen LogP contribution in [-0.2, 0) is 63.9 Å². The summed E-state index contributed by atoms with van der Waals surface area (Å²) < 4.78 is 59.8. The van der Waals surface area contributed by atoms with Crippen LogP contribution in [0.3, 0.4) is 0 Å². The zero-order chi connectivity index (χ0) is 25.5. The first-order chi connectivity index (χ1) is 16.0. The van der Waals surface area contributed by atoms with Crippen LogP contribution in [0.2, 0.25) is 0 Å². The van der Waals surface area contributed by atoms with Gasteiger partial charge in [-0.1, -0.05) is 52.0 Å². The predicted molar refractivity (Wildman–Crippen MR) is 126 cm³/mol. The summed E-state index contributed by atoms with van der Waals surface area (Å²) in [5.41, 5.74) is 2.77. The zero-order valence-corrected chi connectivity index (χ0v) is 21.4. The molecule has 0 radical (unpaired) electrons. The van der Waals surface area contributed by atoms with E-state index in [0.29, 0.717) is 36.8 Å². The third kappa shape index (κ3) is 6.44. The van der Waals surface area contributed by atoms with Crippen molar-refractivity contribution in [2.24, 2.45) is 0 Å². The standard InChI is InChI=1S/C24H30O8S2/c1-5-17-11-9-13-21(19(17)7-3)33(27,28)31-23(25)15-16-24(26)32-34(29,30)22-14-10-12-18(6-2)20(22)8-4/h9-14H,5-8,15-16H2,1-4H3. The third-order valence-corrected chi connectivity index (χ3v) is 8.06. The molecular formula is C24H30O8S2. The van der Waals surface area contributed by atoms with Gasteiger partial charge in [-0.15, -0.1) is 0 Å².